The van der Waals surface area contributed by atoms with E-state index in [-0.39, 0.29) is 12.2 Å². The van der Waals surface area contributed by atoms with Crippen molar-refractivity contribution in [3.63, 3.8) is 0 Å². The molecule has 3 fully saturated rings. The number of carbonyl (C=O) groups is 2. The van der Waals surface area contributed by atoms with E-state index in [2.05, 4.69) is 0 Å². The van der Waals surface area contributed by atoms with Crippen molar-refractivity contribution in [3.8, 4) is 0 Å². The van der Waals surface area contributed by atoms with Gasteiger partial charge in [0.15, 0.2) is 0 Å². The van der Waals surface area contributed by atoms with E-state index in [1.807, 2.05) is 0 Å². The minimum atomic E-state index is -3.78. The lowest BCUT2D eigenvalue weighted by Gasteiger charge is -2.14. The number of hydrogen-bond donors (Lipinski definition) is 0. The summed E-state index contributed by atoms with van der Waals surface area (Å²) in [5, 5.41) is 0. The SMILES string of the molecule is CS(=O)(=O)N1C(=O)[C@@H]2[C@@H](C1=O)[C@H]1CC[C@@H]2O1. The number of fused-ring (bicyclic) bond motifs is 5. The number of ether oxygens (including phenoxy) is 1. The zero-order chi connectivity index (χ0) is 11.7. The highest BCUT2D eigenvalue weighted by molar-refractivity contribution is 7.89. The van der Waals surface area contributed by atoms with Crippen molar-refractivity contribution in [3.05, 3.63) is 0 Å². The van der Waals surface area contributed by atoms with Gasteiger partial charge in [-0.15, -0.1) is 0 Å². The van der Waals surface area contributed by atoms with Crippen LogP contribution in [0.3, 0.4) is 0 Å². The third-order valence-electron chi connectivity index (χ3n) is 3.58. The fourth-order valence-electron chi connectivity index (χ4n) is 3.01. The average molecular weight is 245 g/mol. The van der Waals surface area contributed by atoms with Gasteiger partial charge in [-0.3, -0.25) is 9.59 Å². The second-order valence-corrected chi connectivity index (χ2v) is 6.38. The second-order valence-electron chi connectivity index (χ2n) is 4.55. The molecule has 0 radical (unpaired) electrons. The van der Waals surface area contributed by atoms with Crippen LogP contribution in [0.2, 0.25) is 0 Å². The van der Waals surface area contributed by atoms with Crippen molar-refractivity contribution in [2.24, 2.45) is 11.8 Å². The summed E-state index contributed by atoms with van der Waals surface area (Å²) in [6.45, 7) is 0. The fraction of sp³-hybridized carbons (Fsp3) is 0.778. The molecule has 0 aromatic carbocycles. The molecule has 3 heterocycles. The van der Waals surface area contributed by atoms with Crippen molar-refractivity contribution in [1.29, 1.82) is 0 Å². The standard InChI is InChI=1S/C9H11NO5S/c1-16(13,14)10-8(11)6-4-2-3-5(15-4)7(6)9(10)12/h4-7H,2-3H2,1H3/t4-,5+,6-,7-/m0/s1. The van der Waals surface area contributed by atoms with Crippen molar-refractivity contribution < 1.29 is 22.7 Å². The molecule has 0 N–H and O–H groups in total. The Labute approximate surface area is 92.6 Å². The fourth-order valence-corrected chi connectivity index (χ4v) is 3.91. The van der Waals surface area contributed by atoms with Crippen LogP contribution in [-0.4, -0.2) is 43.0 Å². The van der Waals surface area contributed by atoms with Crippen molar-refractivity contribution in [2.75, 3.05) is 6.26 Å². The Morgan fingerprint density at radius 1 is 1.12 bits per heavy atom. The zero-order valence-electron chi connectivity index (χ0n) is 8.62. The molecule has 0 unspecified atom stereocenters. The Hall–Kier alpha value is -0.950. The number of rotatable bonds is 1. The number of sulfonamides is 1. The van der Waals surface area contributed by atoms with E-state index in [1.165, 1.54) is 0 Å². The van der Waals surface area contributed by atoms with Crippen molar-refractivity contribution in [2.45, 2.75) is 25.0 Å². The topological polar surface area (TPSA) is 80.8 Å². The molecular formula is C9H11NO5S. The van der Waals surface area contributed by atoms with Gasteiger partial charge >= 0.3 is 0 Å². The molecule has 3 aliphatic heterocycles. The number of hydrogen-bond acceptors (Lipinski definition) is 5. The second kappa shape index (κ2) is 2.84. The van der Waals surface area contributed by atoms with Crippen LogP contribution >= 0.6 is 0 Å². The number of amides is 2. The highest BCUT2D eigenvalue weighted by Gasteiger charge is 2.64. The summed E-state index contributed by atoms with van der Waals surface area (Å²) in [6.07, 6.45) is 1.83. The first-order chi connectivity index (χ1) is 7.41. The maximum absolute atomic E-state index is 11.9. The minimum Gasteiger partial charge on any atom is -0.373 e. The van der Waals surface area contributed by atoms with Gasteiger partial charge in [-0.05, 0) is 12.8 Å². The molecule has 3 aliphatic rings. The molecule has 0 saturated carbocycles. The van der Waals surface area contributed by atoms with Crippen molar-refractivity contribution in [1.82, 2.24) is 4.31 Å². The molecule has 16 heavy (non-hydrogen) atoms. The van der Waals surface area contributed by atoms with E-state index < -0.39 is 33.7 Å². The van der Waals surface area contributed by atoms with Gasteiger partial charge in [0.25, 0.3) is 0 Å². The zero-order valence-corrected chi connectivity index (χ0v) is 9.44. The van der Waals surface area contributed by atoms with Crippen LogP contribution in [0.4, 0.5) is 0 Å². The maximum Gasteiger partial charge on any atom is 0.249 e. The predicted molar refractivity (Wildman–Crippen MR) is 51.6 cm³/mol. The van der Waals surface area contributed by atoms with Gasteiger partial charge in [-0.25, -0.2) is 8.42 Å². The molecule has 4 atom stereocenters. The first-order valence-corrected chi connectivity index (χ1v) is 6.99. The first kappa shape index (κ1) is 10.2. The Morgan fingerprint density at radius 2 is 1.56 bits per heavy atom. The Balaban J connectivity index is 2.05. The van der Waals surface area contributed by atoms with Crippen LogP contribution in [0, 0.1) is 11.8 Å². The summed E-state index contributed by atoms with van der Waals surface area (Å²) >= 11 is 0. The summed E-state index contributed by atoms with van der Waals surface area (Å²) in [4.78, 5) is 23.8. The first-order valence-electron chi connectivity index (χ1n) is 5.14. The minimum absolute atomic E-state index is 0.266. The smallest absolute Gasteiger partial charge is 0.249 e. The van der Waals surface area contributed by atoms with Crippen LogP contribution in [0.25, 0.3) is 0 Å². The normalized spacial score (nSPS) is 41.9. The van der Waals surface area contributed by atoms with E-state index in [0.29, 0.717) is 4.31 Å². The van der Waals surface area contributed by atoms with Crippen molar-refractivity contribution >= 4 is 21.8 Å². The lowest BCUT2D eigenvalue weighted by atomic mass is 9.81. The van der Waals surface area contributed by atoms with Gasteiger partial charge in [-0.2, -0.15) is 4.31 Å². The summed E-state index contributed by atoms with van der Waals surface area (Å²) < 4.78 is 28.6. The largest absolute Gasteiger partial charge is 0.373 e. The third kappa shape index (κ3) is 1.07. The molecule has 0 aliphatic carbocycles. The molecule has 7 heteroatoms. The molecule has 88 valence electrons. The molecule has 3 rings (SSSR count). The Morgan fingerprint density at radius 3 is 1.94 bits per heavy atom. The van der Waals surface area contributed by atoms with Gasteiger partial charge in [-0.1, -0.05) is 0 Å². The number of imide groups is 1. The highest BCUT2D eigenvalue weighted by atomic mass is 32.2. The van der Waals surface area contributed by atoms with E-state index in [4.69, 9.17) is 4.74 Å². The quantitative estimate of drug-likeness (QED) is 0.560. The molecule has 2 bridgehead atoms. The Bertz CT molecular complexity index is 456. The molecule has 0 aromatic heterocycles. The molecule has 0 spiro atoms. The van der Waals surface area contributed by atoms with E-state index in [0.717, 1.165) is 19.1 Å². The molecule has 0 aromatic rings. The van der Waals surface area contributed by atoms with E-state index >= 15 is 0 Å². The summed E-state index contributed by atoms with van der Waals surface area (Å²) in [5.41, 5.74) is 0. The monoisotopic (exact) mass is 245 g/mol. The summed E-state index contributed by atoms with van der Waals surface area (Å²) in [5.74, 6) is -2.35. The predicted octanol–water partition coefficient (Wildman–Crippen LogP) is -0.892. The van der Waals surface area contributed by atoms with Gasteiger partial charge in [0, 0.05) is 0 Å². The van der Waals surface area contributed by atoms with Gasteiger partial charge in [0.05, 0.1) is 30.3 Å². The van der Waals surface area contributed by atoms with Crippen LogP contribution in [-0.2, 0) is 24.3 Å². The van der Waals surface area contributed by atoms with Crippen LogP contribution < -0.4 is 0 Å². The number of carbonyl (C=O) groups excluding carboxylic acids is 2. The highest BCUT2D eigenvalue weighted by Crippen LogP contribution is 2.48. The lowest BCUT2D eigenvalue weighted by molar-refractivity contribution is -0.136. The van der Waals surface area contributed by atoms with Crippen LogP contribution in [0.15, 0.2) is 0 Å². The average Bonchev–Trinajstić information content (AvgIpc) is 2.77. The van der Waals surface area contributed by atoms with E-state index in [9.17, 15) is 18.0 Å². The Kier molecular flexibility index (Phi) is 1.81. The molecule has 6 nitrogen and oxygen atoms in total. The number of nitrogens with zero attached hydrogens (tertiary/aromatic N) is 1. The summed E-state index contributed by atoms with van der Waals surface area (Å²) in [7, 11) is -3.78. The lowest BCUT2D eigenvalue weighted by Crippen LogP contribution is -2.38. The maximum atomic E-state index is 11.9. The van der Waals surface area contributed by atoms with E-state index in [1.54, 1.807) is 0 Å². The van der Waals surface area contributed by atoms with Gasteiger partial charge in [0.1, 0.15) is 0 Å². The molecule has 2 amide bonds. The van der Waals surface area contributed by atoms with Crippen LogP contribution in [0.5, 0.6) is 0 Å². The van der Waals surface area contributed by atoms with Gasteiger partial charge < -0.3 is 4.74 Å². The molecule has 3 saturated heterocycles. The molecular weight excluding hydrogens is 234 g/mol. The summed E-state index contributed by atoms with van der Waals surface area (Å²) in [6, 6.07) is 0. The third-order valence-corrected chi connectivity index (χ3v) is 4.60. The van der Waals surface area contributed by atoms with Crippen LogP contribution in [0.1, 0.15) is 12.8 Å². The van der Waals surface area contributed by atoms with Gasteiger partial charge in [0.2, 0.25) is 21.8 Å².